The predicted octanol–water partition coefficient (Wildman–Crippen LogP) is -0.449. The maximum Gasteiger partial charge on any atom is 0.317 e. The van der Waals surface area contributed by atoms with E-state index in [1.807, 2.05) is 0 Å². The minimum absolute atomic E-state index is 0.0748. The Morgan fingerprint density at radius 2 is 1.46 bits per heavy atom. The maximum atomic E-state index is 11.4. The summed E-state index contributed by atoms with van der Waals surface area (Å²) in [4.78, 5) is 11.4. The van der Waals surface area contributed by atoms with Gasteiger partial charge >= 0.3 is 5.97 Å². The summed E-state index contributed by atoms with van der Waals surface area (Å²) in [5, 5.41) is 23.0. The molecule has 28 heavy (non-hydrogen) atoms. The largest absolute Gasteiger partial charge is 0.480 e. The zero-order valence-corrected chi connectivity index (χ0v) is 17.1. The van der Waals surface area contributed by atoms with Crippen LogP contribution in [0.4, 0.5) is 0 Å². The van der Waals surface area contributed by atoms with Crippen molar-refractivity contribution in [1.82, 2.24) is 21.3 Å². The van der Waals surface area contributed by atoms with Crippen LogP contribution in [-0.4, -0.2) is 74.5 Å². The number of aliphatic carboxylic acids is 1. The zero-order valence-electron chi connectivity index (χ0n) is 17.1. The van der Waals surface area contributed by atoms with Gasteiger partial charge in [0.15, 0.2) is 0 Å². The van der Waals surface area contributed by atoms with Gasteiger partial charge in [-0.2, -0.15) is 0 Å². The fourth-order valence-corrected chi connectivity index (χ4v) is 3.53. The van der Waals surface area contributed by atoms with Crippen molar-refractivity contribution in [3.05, 3.63) is 38.0 Å². The quantitative estimate of drug-likeness (QED) is 0.109. The molecule has 0 amide bonds. The average Bonchev–Trinajstić information content (AvgIpc) is 2.68. The Balaban J connectivity index is 5.97. The fraction of sp³-hybridized carbons (Fsp3) is 0.650. The lowest BCUT2D eigenvalue weighted by Gasteiger charge is -2.48. The molecule has 0 aliphatic heterocycles. The number of nitrogens with one attached hydrogen (secondary N) is 4. The van der Waals surface area contributed by atoms with Gasteiger partial charge in [-0.15, -0.1) is 19.7 Å². The Labute approximate surface area is 169 Å². The van der Waals surface area contributed by atoms with E-state index in [-0.39, 0.29) is 18.6 Å². The third-order valence-corrected chi connectivity index (χ3v) is 4.74. The topological polar surface area (TPSA) is 137 Å². The normalized spacial score (nSPS) is 15.4. The van der Waals surface area contributed by atoms with Crippen molar-refractivity contribution in [1.29, 1.82) is 0 Å². The first-order valence-electron chi connectivity index (χ1n) is 9.89. The molecule has 0 aliphatic rings. The van der Waals surface area contributed by atoms with Crippen LogP contribution in [0.1, 0.15) is 19.3 Å². The Kier molecular flexibility index (Phi) is 15.5. The van der Waals surface area contributed by atoms with Crippen molar-refractivity contribution in [3.63, 3.8) is 0 Å². The van der Waals surface area contributed by atoms with E-state index >= 15 is 0 Å². The van der Waals surface area contributed by atoms with Crippen molar-refractivity contribution in [2.45, 2.75) is 36.9 Å². The van der Waals surface area contributed by atoms with Crippen LogP contribution in [0, 0.1) is 0 Å². The van der Waals surface area contributed by atoms with Gasteiger partial charge in [-0.3, -0.25) is 10.1 Å². The fourth-order valence-electron chi connectivity index (χ4n) is 3.53. The van der Waals surface area contributed by atoms with Crippen LogP contribution < -0.4 is 32.7 Å². The van der Waals surface area contributed by atoms with Crippen LogP contribution in [0.3, 0.4) is 0 Å². The molecule has 162 valence electrons. The monoisotopic (exact) mass is 396 g/mol. The van der Waals surface area contributed by atoms with Gasteiger partial charge in [-0.25, -0.2) is 0 Å². The van der Waals surface area contributed by atoms with E-state index in [0.717, 1.165) is 0 Å². The van der Waals surface area contributed by atoms with E-state index < -0.39 is 11.5 Å². The number of hydrogen-bond donors (Lipinski definition) is 7. The summed E-state index contributed by atoms with van der Waals surface area (Å²) in [6.07, 6.45) is 7.41. The summed E-state index contributed by atoms with van der Waals surface area (Å²) >= 11 is 0. The molecule has 0 aliphatic carbocycles. The number of carboxylic acid groups (broad SMARTS) is 1. The first-order chi connectivity index (χ1) is 13.5. The number of carbonyl (C=O) groups is 1. The predicted molar refractivity (Wildman–Crippen MR) is 117 cm³/mol. The van der Waals surface area contributed by atoms with Crippen LogP contribution in [-0.2, 0) is 4.79 Å². The minimum Gasteiger partial charge on any atom is -0.480 e. The number of hydrogen-bond acceptors (Lipinski definition) is 7. The van der Waals surface area contributed by atoms with Crippen LogP contribution in [0.25, 0.3) is 0 Å². The van der Waals surface area contributed by atoms with Gasteiger partial charge in [0.2, 0.25) is 0 Å². The standard InChI is InChI=1S/C20H40N6O2/c1-4-12-23-15-9-20(26-16-19(27)28,17(7-10-21)24-13-5-2)18(8-11-22)25-14-6-3/h4-6,17-18,23-26H,1-3,7-16,21-22H2,(H,27,28). The van der Waals surface area contributed by atoms with E-state index in [1.54, 1.807) is 18.2 Å². The number of nitrogens with two attached hydrogens (primary N) is 2. The average molecular weight is 397 g/mol. The summed E-state index contributed by atoms with van der Waals surface area (Å²) in [7, 11) is 0. The van der Waals surface area contributed by atoms with Gasteiger partial charge in [0, 0.05) is 31.7 Å². The third-order valence-electron chi connectivity index (χ3n) is 4.74. The molecule has 8 nitrogen and oxygen atoms in total. The smallest absolute Gasteiger partial charge is 0.317 e. The molecule has 0 spiro atoms. The van der Waals surface area contributed by atoms with Crippen LogP contribution in [0.2, 0.25) is 0 Å². The molecule has 0 aromatic carbocycles. The van der Waals surface area contributed by atoms with E-state index in [2.05, 4.69) is 41.0 Å². The SMILES string of the molecule is C=CCNCCC(NCC(=O)O)(C(CCN)NCC=C)C(CCN)NCC=C. The highest BCUT2D eigenvalue weighted by Crippen LogP contribution is 2.25. The number of rotatable bonds is 20. The number of carboxylic acids is 1. The second-order valence-corrected chi connectivity index (χ2v) is 6.68. The Bertz CT molecular complexity index is 436. The molecule has 2 unspecified atom stereocenters. The van der Waals surface area contributed by atoms with Gasteiger partial charge in [0.05, 0.1) is 12.1 Å². The lowest BCUT2D eigenvalue weighted by Crippen LogP contribution is -2.71. The molecule has 9 N–H and O–H groups in total. The van der Waals surface area contributed by atoms with Crippen LogP contribution >= 0.6 is 0 Å². The second-order valence-electron chi connectivity index (χ2n) is 6.68. The lowest BCUT2D eigenvalue weighted by atomic mass is 9.76. The second kappa shape index (κ2) is 16.4. The first kappa shape index (κ1) is 26.4. The molecule has 0 aromatic heterocycles. The summed E-state index contributed by atoms with van der Waals surface area (Å²) in [5.74, 6) is -0.908. The van der Waals surface area contributed by atoms with E-state index in [0.29, 0.717) is 58.5 Å². The third kappa shape index (κ3) is 9.59. The highest BCUT2D eigenvalue weighted by molar-refractivity contribution is 5.69. The molecule has 0 bridgehead atoms. The molecule has 0 aromatic rings. The molecule has 2 atom stereocenters. The molecule has 0 saturated heterocycles. The van der Waals surface area contributed by atoms with Gasteiger partial charge < -0.3 is 32.5 Å². The van der Waals surface area contributed by atoms with E-state index in [9.17, 15) is 9.90 Å². The summed E-state index contributed by atoms with van der Waals surface area (Å²) < 4.78 is 0. The lowest BCUT2D eigenvalue weighted by molar-refractivity contribution is -0.136. The van der Waals surface area contributed by atoms with Gasteiger partial charge in [-0.1, -0.05) is 18.2 Å². The Hall–Kier alpha value is -1.55. The van der Waals surface area contributed by atoms with Gasteiger partial charge in [0.25, 0.3) is 0 Å². The van der Waals surface area contributed by atoms with E-state index in [1.165, 1.54) is 0 Å². The molecule has 0 heterocycles. The van der Waals surface area contributed by atoms with Crippen molar-refractivity contribution >= 4 is 5.97 Å². The summed E-state index contributed by atoms with van der Waals surface area (Å²) in [6.45, 7) is 14.6. The highest BCUT2D eigenvalue weighted by atomic mass is 16.4. The van der Waals surface area contributed by atoms with Crippen molar-refractivity contribution in [2.75, 3.05) is 45.8 Å². The molecule has 8 heteroatoms. The zero-order chi connectivity index (χ0) is 21.3. The Morgan fingerprint density at radius 3 is 1.86 bits per heavy atom. The minimum atomic E-state index is -0.908. The molecule has 0 fully saturated rings. The van der Waals surface area contributed by atoms with Gasteiger partial charge in [-0.05, 0) is 38.9 Å². The molecule has 0 radical (unpaired) electrons. The Morgan fingerprint density at radius 1 is 0.964 bits per heavy atom. The van der Waals surface area contributed by atoms with Crippen LogP contribution in [0.5, 0.6) is 0 Å². The highest BCUT2D eigenvalue weighted by Gasteiger charge is 2.44. The van der Waals surface area contributed by atoms with Crippen molar-refractivity contribution < 1.29 is 9.90 Å². The molecule has 0 rings (SSSR count). The first-order valence-corrected chi connectivity index (χ1v) is 9.89. The van der Waals surface area contributed by atoms with Crippen LogP contribution in [0.15, 0.2) is 38.0 Å². The molecular weight excluding hydrogens is 356 g/mol. The summed E-state index contributed by atoms with van der Waals surface area (Å²) in [6, 6.07) is -0.150. The summed E-state index contributed by atoms with van der Waals surface area (Å²) in [5.41, 5.74) is 11.2. The van der Waals surface area contributed by atoms with Crippen molar-refractivity contribution in [2.24, 2.45) is 11.5 Å². The van der Waals surface area contributed by atoms with Crippen molar-refractivity contribution in [3.8, 4) is 0 Å². The molecule has 0 saturated carbocycles. The van der Waals surface area contributed by atoms with E-state index in [4.69, 9.17) is 11.5 Å². The maximum absolute atomic E-state index is 11.4. The van der Waals surface area contributed by atoms with Gasteiger partial charge in [0.1, 0.15) is 0 Å². The molecular formula is C20H40N6O2.